The molecule has 39 heavy (non-hydrogen) atoms. The number of pyridine rings is 1. The van der Waals surface area contributed by atoms with Crippen molar-refractivity contribution >= 4 is 23.3 Å². The Morgan fingerprint density at radius 3 is 2.49 bits per heavy atom. The molecular weight excluding hydrogens is 488 g/mol. The quantitative estimate of drug-likeness (QED) is 0.261. The second-order valence-corrected chi connectivity index (χ2v) is 10.4. The highest BCUT2D eigenvalue weighted by Gasteiger charge is 2.19. The Hall–Kier alpha value is -3.91. The summed E-state index contributed by atoms with van der Waals surface area (Å²) in [5.74, 6) is 0.470. The summed E-state index contributed by atoms with van der Waals surface area (Å²) < 4.78 is 0. The van der Waals surface area contributed by atoms with Gasteiger partial charge in [-0.15, -0.1) is 0 Å². The smallest absolute Gasteiger partial charge is 0.315 e. The molecule has 2 aromatic carbocycles. The lowest BCUT2D eigenvalue weighted by Gasteiger charge is -2.30. The van der Waals surface area contributed by atoms with Crippen LogP contribution in [0.1, 0.15) is 60.3 Å². The Balaban J connectivity index is 1.36. The van der Waals surface area contributed by atoms with Gasteiger partial charge in [0.25, 0.3) is 5.91 Å². The summed E-state index contributed by atoms with van der Waals surface area (Å²) in [6.07, 6.45) is 6.68. The molecule has 206 valence electrons. The van der Waals surface area contributed by atoms with Crippen molar-refractivity contribution in [3.63, 3.8) is 0 Å². The molecule has 1 atom stereocenters. The molecule has 3 aromatic rings. The maximum Gasteiger partial charge on any atom is 0.315 e. The molecule has 0 bridgehead atoms. The van der Waals surface area contributed by atoms with Crippen LogP contribution in [0.2, 0.25) is 0 Å². The minimum absolute atomic E-state index is 0.205. The summed E-state index contributed by atoms with van der Waals surface area (Å²) in [4.78, 5) is 32.4. The average molecular weight is 529 g/mol. The minimum Gasteiger partial charge on any atom is -0.397 e. The molecule has 0 spiro atoms. The van der Waals surface area contributed by atoms with E-state index in [9.17, 15) is 9.59 Å². The number of carbonyl (C=O) groups is 2. The van der Waals surface area contributed by atoms with Gasteiger partial charge in [0.05, 0.1) is 17.4 Å². The van der Waals surface area contributed by atoms with Crippen LogP contribution >= 0.6 is 0 Å². The van der Waals surface area contributed by atoms with E-state index in [1.54, 1.807) is 24.4 Å². The molecule has 1 saturated heterocycles. The number of carbonyl (C=O) groups excluding carboxylic acids is 2. The number of anilines is 2. The van der Waals surface area contributed by atoms with Crippen LogP contribution in [0, 0.1) is 5.92 Å². The topological polar surface area (TPSA) is 112 Å². The lowest BCUT2D eigenvalue weighted by atomic mass is 9.98. The number of aromatic nitrogens is 1. The van der Waals surface area contributed by atoms with Gasteiger partial charge in [0.2, 0.25) is 0 Å². The molecule has 5 N–H and O–H groups in total. The van der Waals surface area contributed by atoms with Crippen LogP contribution in [0.15, 0.2) is 72.9 Å². The van der Waals surface area contributed by atoms with Crippen molar-refractivity contribution in [1.82, 2.24) is 20.5 Å². The third-order valence-corrected chi connectivity index (χ3v) is 7.32. The van der Waals surface area contributed by atoms with E-state index in [4.69, 9.17) is 5.73 Å². The van der Waals surface area contributed by atoms with E-state index in [0.717, 1.165) is 50.4 Å². The Morgan fingerprint density at radius 2 is 1.77 bits per heavy atom. The van der Waals surface area contributed by atoms with Crippen molar-refractivity contribution in [3.05, 3.63) is 89.7 Å². The van der Waals surface area contributed by atoms with E-state index in [2.05, 4.69) is 44.9 Å². The van der Waals surface area contributed by atoms with Crippen LogP contribution in [0.3, 0.4) is 0 Å². The van der Waals surface area contributed by atoms with Gasteiger partial charge in [-0.2, -0.15) is 0 Å². The Kier molecular flexibility index (Phi) is 10.3. The van der Waals surface area contributed by atoms with Crippen molar-refractivity contribution in [2.45, 2.75) is 45.1 Å². The van der Waals surface area contributed by atoms with Gasteiger partial charge in [-0.1, -0.05) is 55.5 Å². The zero-order valence-corrected chi connectivity index (χ0v) is 22.7. The predicted molar refractivity (Wildman–Crippen MR) is 157 cm³/mol. The fraction of sp³-hybridized carbons (Fsp3) is 0.387. The molecule has 0 saturated carbocycles. The van der Waals surface area contributed by atoms with Crippen molar-refractivity contribution in [1.29, 1.82) is 0 Å². The number of para-hydroxylation sites is 2. The van der Waals surface area contributed by atoms with E-state index >= 15 is 0 Å². The van der Waals surface area contributed by atoms with E-state index in [1.165, 1.54) is 18.4 Å². The lowest BCUT2D eigenvalue weighted by molar-refractivity contribution is 0.102. The number of likely N-dealkylation sites (tertiary alicyclic amines) is 1. The van der Waals surface area contributed by atoms with Gasteiger partial charge in [-0.05, 0) is 87.0 Å². The summed E-state index contributed by atoms with van der Waals surface area (Å²) in [6.45, 7) is 6.15. The first-order valence-electron chi connectivity index (χ1n) is 13.9. The molecule has 8 nitrogen and oxygen atoms in total. The predicted octanol–water partition coefficient (Wildman–Crippen LogP) is 5.01. The normalized spacial score (nSPS) is 14.9. The number of nitrogens with two attached hydrogens (primary N) is 1. The number of piperidine rings is 1. The van der Waals surface area contributed by atoms with E-state index in [1.807, 2.05) is 36.4 Å². The lowest BCUT2D eigenvalue weighted by Crippen LogP contribution is -2.39. The minimum atomic E-state index is -0.332. The van der Waals surface area contributed by atoms with Gasteiger partial charge >= 0.3 is 6.03 Å². The molecule has 2 heterocycles. The SMILES string of the molecule is CC1CCN(CCCC(NC(=O)NCCc2ccccc2)c2ccc(C(=O)Nc3ccccc3N)nc2)CC1. The molecule has 1 fully saturated rings. The second kappa shape index (κ2) is 14.3. The number of hydrogen-bond acceptors (Lipinski definition) is 5. The molecule has 3 amide bonds. The number of nitrogens with zero attached hydrogens (tertiary/aromatic N) is 2. The van der Waals surface area contributed by atoms with Crippen molar-refractivity contribution in [2.75, 3.05) is 37.2 Å². The first-order chi connectivity index (χ1) is 19.0. The number of hydrogen-bond donors (Lipinski definition) is 4. The van der Waals surface area contributed by atoms with Gasteiger partial charge < -0.3 is 26.6 Å². The summed E-state index contributed by atoms with van der Waals surface area (Å²) in [7, 11) is 0. The largest absolute Gasteiger partial charge is 0.397 e. The summed E-state index contributed by atoms with van der Waals surface area (Å²) in [5.41, 5.74) is 9.33. The van der Waals surface area contributed by atoms with Crippen molar-refractivity contribution < 1.29 is 9.59 Å². The summed E-state index contributed by atoms with van der Waals surface area (Å²) in [6, 6.07) is 20.4. The van der Waals surface area contributed by atoms with Gasteiger partial charge in [0, 0.05) is 12.7 Å². The third-order valence-electron chi connectivity index (χ3n) is 7.32. The molecule has 4 rings (SSSR count). The second-order valence-electron chi connectivity index (χ2n) is 10.4. The molecular formula is C31H40N6O2. The van der Waals surface area contributed by atoms with Crippen LogP contribution in [-0.2, 0) is 6.42 Å². The number of nitrogen functional groups attached to an aromatic ring is 1. The van der Waals surface area contributed by atoms with Crippen LogP contribution < -0.4 is 21.7 Å². The van der Waals surface area contributed by atoms with Crippen LogP contribution in [0.4, 0.5) is 16.2 Å². The van der Waals surface area contributed by atoms with Gasteiger partial charge in [0.1, 0.15) is 5.69 Å². The number of nitrogens with one attached hydrogen (secondary N) is 3. The number of rotatable bonds is 11. The maximum absolute atomic E-state index is 12.8. The molecule has 1 aliphatic heterocycles. The Bertz CT molecular complexity index is 1190. The van der Waals surface area contributed by atoms with Crippen LogP contribution in [0.25, 0.3) is 0 Å². The molecule has 1 unspecified atom stereocenters. The summed E-state index contributed by atoms with van der Waals surface area (Å²) >= 11 is 0. The van der Waals surface area contributed by atoms with Crippen molar-refractivity contribution in [3.8, 4) is 0 Å². The van der Waals surface area contributed by atoms with E-state index in [0.29, 0.717) is 17.9 Å². The van der Waals surface area contributed by atoms with Gasteiger partial charge in [-0.25, -0.2) is 4.79 Å². The van der Waals surface area contributed by atoms with Gasteiger partial charge in [-0.3, -0.25) is 9.78 Å². The molecule has 1 aromatic heterocycles. The number of urea groups is 1. The zero-order chi connectivity index (χ0) is 27.5. The van der Waals surface area contributed by atoms with E-state index in [-0.39, 0.29) is 23.7 Å². The summed E-state index contributed by atoms with van der Waals surface area (Å²) in [5, 5.41) is 8.92. The number of benzene rings is 2. The standard InChI is InChI=1S/C31H40N6O2/c1-23-16-20-37(21-17-23)19-7-12-27(36-31(39)33-18-15-24-8-3-2-4-9-24)25-13-14-29(34-22-25)30(38)35-28-11-6-5-10-26(28)32/h2-6,8-11,13-14,22-23,27H,7,12,15-21,32H2,1H3,(H,35,38)(H2,33,36,39). The first kappa shape index (κ1) is 28.1. The fourth-order valence-corrected chi connectivity index (χ4v) is 4.84. The fourth-order valence-electron chi connectivity index (χ4n) is 4.84. The molecule has 1 aliphatic rings. The van der Waals surface area contributed by atoms with E-state index < -0.39 is 0 Å². The monoisotopic (exact) mass is 528 g/mol. The van der Waals surface area contributed by atoms with Crippen LogP contribution in [-0.4, -0.2) is 48.0 Å². The third kappa shape index (κ3) is 8.82. The average Bonchev–Trinajstić information content (AvgIpc) is 2.95. The highest BCUT2D eigenvalue weighted by molar-refractivity contribution is 6.04. The van der Waals surface area contributed by atoms with Crippen LogP contribution in [0.5, 0.6) is 0 Å². The molecule has 0 aliphatic carbocycles. The highest BCUT2D eigenvalue weighted by atomic mass is 16.2. The molecule has 8 heteroatoms. The first-order valence-corrected chi connectivity index (χ1v) is 13.9. The maximum atomic E-state index is 12.8. The number of amides is 3. The Morgan fingerprint density at radius 1 is 1.03 bits per heavy atom. The van der Waals surface area contributed by atoms with Gasteiger partial charge in [0.15, 0.2) is 0 Å². The highest BCUT2D eigenvalue weighted by Crippen LogP contribution is 2.22. The Labute approximate surface area is 231 Å². The molecule has 0 radical (unpaired) electrons. The van der Waals surface area contributed by atoms with Crippen molar-refractivity contribution in [2.24, 2.45) is 5.92 Å². The zero-order valence-electron chi connectivity index (χ0n) is 22.7.